The summed E-state index contributed by atoms with van der Waals surface area (Å²) in [4.78, 5) is 10.7. The van der Waals surface area contributed by atoms with Gasteiger partial charge in [0.1, 0.15) is 0 Å². The maximum atomic E-state index is 11.7. The van der Waals surface area contributed by atoms with Gasteiger partial charge < -0.3 is 0 Å². The fourth-order valence-electron chi connectivity index (χ4n) is 3.54. The maximum Gasteiger partial charge on any atom is 0.181 e. The Balaban J connectivity index is 1.39. The van der Waals surface area contributed by atoms with Crippen molar-refractivity contribution in [3.8, 4) is 45.6 Å². The van der Waals surface area contributed by atoms with Gasteiger partial charge in [-0.2, -0.15) is 20.7 Å². The van der Waals surface area contributed by atoms with Crippen molar-refractivity contribution in [1.82, 2.24) is 30.4 Å². The molecular formula is C25H22N6O2S2. The summed E-state index contributed by atoms with van der Waals surface area (Å²) in [6, 6.07) is 22.4. The lowest BCUT2D eigenvalue weighted by Gasteiger charge is -2.02. The molecular weight excluding hydrogens is 480 g/mol. The molecule has 0 aliphatic carbocycles. The molecule has 3 aromatic carbocycles. The molecule has 35 heavy (non-hydrogen) atoms. The van der Waals surface area contributed by atoms with Gasteiger partial charge in [-0.15, -0.1) is 0 Å². The number of aromatic nitrogens is 6. The van der Waals surface area contributed by atoms with Crippen LogP contribution in [0, 0.1) is 0 Å². The molecule has 2 aromatic heterocycles. The number of rotatable bonds is 6. The average Bonchev–Trinajstić information content (AvgIpc) is 3.54. The number of H-pyrrole nitrogens is 2. The van der Waals surface area contributed by atoms with Crippen molar-refractivity contribution in [2.75, 3.05) is 12.5 Å². The van der Waals surface area contributed by atoms with E-state index in [0.717, 1.165) is 22.3 Å². The molecule has 0 spiro atoms. The van der Waals surface area contributed by atoms with Crippen molar-refractivity contribution >= 4 is 26.2 Å². The molecule has 0 saturated heterocycles. The smallest absolute Gasteiger partial charge is 0.181 e. The molecule has 10 heteroatoms. The second kappa shape index (κ2) is 9.05. The summed E-state index contributed by atoms with van der Waals surface area (Å²) >= 11 is 0. The quantitative estimate of drug-likeness (QED) is 0.326. The van der Waals surface area contributed by atoms with Crippen LogP contribution in [0.5, 0.6) is 0 Å². The lowest BCUT2D eigenvalue weighted by atomic mass is 10.1. The Morgan fingerprint density at radius 1 is 0.743 bits per heavy atom. The monoisotopic (exact) mass is 502 g/mol. The lowest BCUT2D eigenvalue weighted by molar-refractivity contribution is 0.602. The molecule has 0 aliphatic heterocycles. The van der Waals surface area contributed by atoms with Crippen LogP contribution >= 0.6 is 10.5 Å². The van der Waals surface area contributed by atoms with Gasteiger partial charge in [0.25, 0.3) is 0 Å². The Kier molecular flexibility index (Phi) is 5.91. The van der Waals surface area contributed by atoms with Crippen LogP contribution in [0.3, 0.4) is 0 Å². The van der Waals surface area contributed by atoms with E-state index in [1.54, 1.807) is 24.3 Å². The molecule has 0 radical (unpaired) electrons. The molecule has 0 amide bonds. The number of hydrogen-bond acceptors (Lipinski definition) is 6. The first-order valence-electron chi connectivity index (χ1n) is 10.6. The third kappa shape index (κ3) is 4.84. The second-order valence-corrected chi connectivity index (χ2v) is 11.8. The van der Waals surface area contributed by atoms with Crippen molar-refractivity contribution in [2.45, 2.75) is 9.79 Å². The molecule has 1 unspecified atom stereocenters. The van der Waals surface area contributed by atoms with E-state index < -0.39 is 9.84 Å². The van der Waals surface area contributed by atoms with Crippen LogP contribution in [0.25, 0.3) is 45.6 Å². The van der Waals surface area contributed by atoms with Crippen LogP contribution < -0.4 is 0 Å². The zero-order valence-corrected chi connectivity index (χ0v) is 20.7. The van der Waals surface area contributed by atoms with Gasteiger partial charge in [-0.1, -0.05) is 36.2 Å². The summed E-state index contributed by atoms with van der Waals surface area (Å²) in [5.41, 5.74) is 3.33. The Labute approximate surface area is 205 Å². The molecule has 5 rings (SSSR count). The van der Waals surface area contributed by atoms with Gasteiger partial charge in [0, 0.05) is 33.4 Å². The molecule has 5 aromatic rings. The highest BCUT2D eigenvalue weighted by atomic mass is 32.2. The van der Waals surface area contributed by atoms with Gasteiger partial charge in [0.05, 0.1) is 4.90 Å². The first-order chi connectivity index (χ1) is 16.8. The third-order valence-corrected chi connectivity index (χ3v) is 7.64. The van der Waals surface area contributed by atoms with E-state index in [1.165, 1.54) is 11.2 Å². The van der Waals surface area contributed by atoms with Gasteiger partial charge in [-0.25, -0.2) is 18.4 Å². The average molecular weight is 503 g/mol. The van der Waals surface area contributed by atoms with E-state index in [9.17, 15) is 8.42 Å². The van der Waals surface area contributed by atoms with E-state index in [0.29, 0.717) is 23.3 Å². The normalized spacial score (nSPS) is 12.5. The van der Waals surface area contributed by atoms with E-state index in [-0.39, 0.29) is 15.4 Å². The van der Waals surface area contributed by atoms with Crippen LogP contribution in [0.2, 0.25) is 0 Å². The van der Waals surface area contributed by atoms with Crippen molar-refractivity contribution in [1.29, 1.82) is 0 Å². The molecule has 176 valence electrons. The zero-order chi connectivity index (χ0) is 24.6. The summed E-state index contributed by atoms with van der Waals surface area (Å²) in [5.74, 6) is 6.41. The van der Waals surface area contributed by atoms with Crippen LogP contribution in [-0.4, -0.2) is 57.2 Å². The molecule has 2 heterocycles. The molecule has 2 N–H and O–H groups in total. The maximum absolute atomic E-state index is 11.7. The summed E-state index contributed by atoms with van der Waals surface area (Å²) < 4.78 is 23.4. The number of nitrogens with zero attached hydrogens (tertiary/aromatic N) is 4. The van der Waals surface area contributed by atoms with Crippen molar-refractivity contribution in [3.63, 3.8) is 0 Å². The Bertz CT molecular complexity index is 1640. The van der Waals surface area contributed by atoms with E-state index in [2.05, 4.69) is 54.6 Å². The highest BCUT2D eigenvalue weighted by Gasteiger charge is 2.13. The van der Waals surface area contributed by atoms with Gasteiger partial charge in [-0.05, 0) is 48.7 Å². The number of hydrogen-bond donors (Lipinski definition) is 2. The van der Waals surface area contributed by atoms with Gasteiger partial charge in [-0.3, -0.25) is 10.2 Å². The van der Waals surface area contributed by atoms with Crippen molar-refractivity contribution < 1.29 is 8.42 Å². The fourth-order valence-corrected chi connectivity index (χ4v) is 4.77. The Morgan fingerprint density at radius 3 is 1.69 bits per heavy atom. The Hall–Kier alpha value is -3.89. The molecule has 8 nitrogen and oxygen atoms in total. The highest BCUT2D eigenvalue weighted by Crippen LogP contribution is 2.27. The summed E-state index contributed by atoms with van der Waals surface area (Å²) in [7, 11) is -3.29. The SMILES string of the molecule is C=S(C)c1ccc(-c2nc(-c3cccc(-c4n[nH]c(-c5ccc(S(C)(=O)=O)cc5)n4)c3)n[nH]2)cc1. The van der Waals surface area contributed by atoms with Crippen molar-refractivity contribution in [3.05, 3.63) is 72.8 Å². The second-order valence-electron chi connectivity index (χ2n) is 8.05. The molecule has 0 fully saturated rings. The summed E-state index contributed by atoms with van der Waals surface area (Å²) in [6.07, 6.45) is 3.26. The number of aromatic amines is 2. The lowest BCUT2D eigenvalue weighted by Crippen LogP contribution is -1.96. The predicted molar refractivity (Wildman–Crippen MR) is 140 cm³/mol. The van der Waals surface area contributed by atoms with Gasteiger partial charge in [0.15, 0.2) is 33.1 Å². The Morgan fingerprint density at radius 2 is 1.23 bits per heavy atom. The van der Waals surface area contributed by atoms with E-state index >= 15 is 0 Å². The van der Waals surface area contributed by atoms with E-state index in [4.69, 9.17) is 0 Å². The molecule has 1 atom stereocenters. The fraction of sp³-hybridized carbons (Fsp3) is 0.0800. The number of sulfone groups is 1. The van der Waals surface area contributed by atoms with Gasteiger partial charge in [0.2, 0.25) is 0 Å². The minimum absolute atomic E-state index is 0.0393. The topological polar surface area (TPSA) is 117 Å². The largest absolute Gasteiger partial charge is 0.259 e. The van der Waals surface area contributed by atoms with E-state index in [1.807, 2.05) is 36.4 Å². The third-order valence-electron chi connectivity index (χ3n) is 5.44. The van der Waals surface area contributed by atoms with Crippen LogP contribution in [0.1, 0.15) is 0 Å². The first kappa shape index (κ1) is 22.9. The number of benzene rings is 3. The highest BCUT2D eigenvalue weighted by molar-refractivity contribution is 8.13. The molecule has 0 saturated carbocycles. The van der Waals surface area contributed by atoms with Crippen LogP contribution in [0.4, 0.5) is 0 Å². The predicted octanol–water partition coefficient (Wildman–Crippen LogP) is 4.68. The molecule has 0 aliphatic rings. The summed E-state index contributed by atoms with van der Waals surface area (Å²) in [6.45, 7) is 0. The standard InChI is InChI=1S/C25H22N6O2S2/c1-34(2)20-11-7-16(8-12-20)22-26-24(30-28-22)18-5-4-6-19(15-18)25-27-23(29-31-25)17-9-13-21(14-10-17)35(3,32)33/h4-15H,1H2,2-3H3,(H,26,28,30)(H,27,29,31). The van der Waals surface area contributed by atoms with Crippen molar-refractivity contribution in [2.24, 2.45) is 0 Å². The minimum atomic E-state index is -3.26. The van der Waals surface area contributed by atoms with Gasteiger partial charge >= 0.3 is 0 Å². The molecule has 0 bridgehead atoms. The van der Waals surface area contributed by atoms with Crippen LogP contribution in [-0.2, 0) is 9.84 Å². The first-order valence-corrected chi connectivity index (χ1v) is 14.3. The van der Waals surface area contributed by atoms with Crippen LogP contribution in [0.15, 0.2) is 82.6 Å². The minimum Gasteiger partial charge on any atom is -0.259 e. The number of nitrogens with one attached hydrogen (secondary N) is 2. The summed E-state index contributed by atoms with van der Waals surface area (Å²) in [5, 5.41) is 14.7. The zero-order valence-electron chi connectivity index (χ0n) is 19.1.